The number of benzene rings is 1. The molecule has 1 aliphatic heterocycles. The molecule has 0 aliphatic carbocycles. The summed E-state index contributed by atoms with van der Waals surface area (Å²) in [4.78, 5) is 0. The fourth-order valence-corrected chi connectivity index (χ4v) is 2.15. The molecule has 0 bridgehead atoms. The average Bonchev–Trinajstić information content (AvgIpc) is 2.33. The second-order valence-electron chi connectivity index (χ2n) is 4.88. The van der Waals surface area contributed by atoms with Gasteiger partial charge in [0, 0.05) is 12.1 Å². The van der Waals surface area contributed by atoms with E-state index in [0.29, 0.717) is 11.5 Å². The number of hydrogen-bond acceptors (Lipinski definition) is 4. The largest absolute Gasteiger partial charge is 0.493 e. The summed E-state index contributed by atoms with van der Waals surface area (Å²) in [5, 5.41) is 13.6. The van der Waals surface area contributed by atoms with Crippen LogP contribution in [0.1, 0.15) is 31.1 Å². The van der Waals surface area contributed by atoms with E-state index in [-0.39, 0.29) is 5.54 Å². The third-order valence-electron chi connectivity index (χ3n) is 3.36. The minimum absolute atomic E-state index is 0.327. The molecular weight excluding hydrogens is 218 g/mol. The quantitative estimate of drug-likeness (QED) is 0.820. The van der Waals surface area contributed by atoms with Gasteiger partial charge in [-0.05, 0) is 37.1 Å². The number of fused-ring (bicyclic) bond motifs is 1. The molecule has 1 atom stereocenters. The SMILES string of the molecule is COc1cc2c(cc1OC)[C@@H](O)C(C)(C)NC2. The topological polar surface area (TPSA) is 50.7 Å². The van der Waals surface area contributed by atoms with Crippen molar-refractivity contribution in [3.63, 3.8) is 0 Å². The summed E-state index contributed by atoms with van der Waals surface area (Å²) >= 11 is 0. The number of ether oxygens (including phenoxy) is 2. The lowest BCUT2D eigenvalue weighted by Gasteiger charge is -2.38. The number of aliphatic hydroxyl groups is 1. The highest BCUT2D eigenvalue weighted by atomic mass is 16.5. The Morgan fingerprint density at radius 2 is 1.82 bits per heavy atom. The summed E-state index contributed by atoms with van der Waals surface area (Å²) < 4.78 is 10.5. The number of hydrogen-bond donors (Lipinski definition) is 2. The molecule has 0 spiro atoms. The van der Waals surface area contributed by atoms with Gasteiger partial charge in [-0.1, -0.05) is 0 Å². The van der Waals surface area contributed by atoms with Gasteiger partial charge >= 0.3 is 0 Å². The van der Waals surface area contributed by atoms with Gasteiger partial charge in [-0.2, -0.15) is 0 Å². The van der Waals surface area contributed by atoms with Gasteiger partial charge in [0.2, 0.25) is 0 Å². The molecule has 4 heteroatoms. The van der Waals surface area contributed by atoms with E-state index in [9.17, 15) is 5.11 Å². The van der Waals surface area contributed by atoms with E-state index in [0.717, 1.165) is 17.7 Å². The van der Waals surface area contributed by atoms with Crippen molar-refractivity contribution in [1.29, 1.82) is 0 Å². The Morgan fingerprint density at radius 1 is 1.24 bits per heavy atom. The lowest BCUT2D eigenvalue weighted by Crippen LogP contribution is -2.48. The number of nitrogens with one attached hydrogen (secondary N) is 1. The number of methoxy groups -OCH3 is 2. The van der Waals surface area contributed by atoms with E-state index in [1.165, 1.54) is 0 Å². The molecule has 2 N–H and O–H groups in total. The summed E-state index contributed by atoms with van der Waals surface area (Å²) in [7, 11) is 3.21. The van der Waals surface area contributed by atoms with E-state index in [2.05, 4.69) is 5.32 Å². The first-order valence-electron chi connectivity index (χ1n) is 5.67. The molecule has 1 aromatic rings. The van der Waals surface area contributed by atoms with Gasteiger partial charge in [-0.3, -0.25) is 0 Å². The molecule has 0 fully saturated rings. The zero-order chi connectivity index (χ0) is 12.6. The molecule has 17 heavy (non-hydrogen) atoms. The van der Waals surface area contributed by atoms with Crippen molar-refractivity contribution in [3.8, 4) is 11.5 Å². The highest BCUT2D eigenvalue weighted by molar-refractivity contribution is 5.49. The zero-order valence-corrected chi connectivity index (χ0v) is 10.7. The predicted molar refractivity (Wildman–Crippen MR) is 65.4 cm³/mol. The van der Waals surface area contributed by atoms with Crippen LogP contribution in [-0.4, -0.2) is 24.9 Å². The van der Waals surface area contributed by atoms with Crippen molar-refractivity contribution in [2.45, 2.75) is 32.0 Å². The average molecular weight is 237 g/mol. The molecule has 0 saturated heterocycles. The van der Waals surface area contributed by atoms with E-state index in [4.69, 9.17) is 9.47 Å². The van der Waals surface area contributed by atoms with E-state index >= 15 is 0 Å². The van der Waals surface area contributed by atoms with Crippen LogP contribution in [0, 0.1) is 0 Å². The maximum atomic E-state index is 10.3. The van der Waals surface area contributed by atoms with Gasteiger partial charge in [0.15, 0.2) is 11.5 Å². The molecule has 0 unspecified atom stereocenters. The van der Waals surface area contributed by atoms with Crippen LogP contribution in [0.25, 0.3) is 0 Å². The Bertz CT molecular complexity index is 429. The molecule has 1 aromatic carbocycles. The minimum atomic E-state index is -0.550. The summed E-state index contributed by atoms with van der Waals surface area (Å²) in [6.45, 7) is 4.69. The van der Waals surface area contributed by atoms with Crippen LogP contribution in [0.2, 0.25) is 0 Å². The fourth-order valence-electron chi connectivity index (χ4n) is 2.15. The molecule has 94 valence electrons. The fraction of sp³-hybridized carbons (Fsp3) is 0.538. The monoisotopic (exact) mass is 237 g/mol. The molecule has 2 rings (SSSR count). The molecule has 0 saturated carbocycles. The van der Waals surface area contributed by atoms with Gasteiger partial charge in [-0.25, -0.2) is 0 Å². The first-order chi connectivity index (χ1) is 7.99. The maximum Gasteiger partial charge on any atom is 0.161 e. The van der Waals surface area contributed by atoms with Gasteiger partial charge in [0.1, 0.15) is 0 Å². The van der Waals surface area contributed by atoms with Crippen molar-refractivity contribution in [3.05, 3.63) is 23.3 Å². The first kappa shape index (κ1) is 12.2. The molecular formula is C13H19NO3. The molecule has 0 aromatic heterocycles. The lowest BCUT2D eigenvalue weighted by molar-refractivity contribution is 0.0681. The summed E-state index contributed by atoms with van der Waals surface area (Å²) in [5.74, 6) is 1.35. The van der Waals surface area contributed by atoms with E-state index in [1.807, 2.05) is 26.0 Å². The standard InChI is InChI=1S/C13H19NO3/c1-13(2)12(15)9-6-11(17-4)10(16-3)5-8(9)7-14-13/h5-6,12,14-15H,7H2,1-4H3/t12-/m1/s1. The highest BCUT2D eigenvalue weighted by Gasteiger charge is 2.35. The van der Waals surface area contributed by atoms with Crippen molar-refractivity contribution in [2.24, 2.45) is 0 Å². The second kappa shape index (κ2) is 4.20. The lowest BCUT2D eigenvalue weighted by atomic mass is 9.84. The Kier molecular flexibility index (Phi) is 3.02. The zero-order valence-electron chi connectivity index (χ0n) is 10.7. The van der Waals surface area contributed by atoms with Crippen LogP contribution >= 0.6 is 0 Å². The Morgan fingerprint density at radius 3 is 2.41 bits per heavy atom. The van der Waals surface area contributed by atoms with Crippen LogP contribution < -0.4 is 14.8 Å². The van der Waals surface area contributed by atoms with Crippen LogP contribution in [0.3, 0.4) is 0 Å². The van der Waals surface area contributed by atoms with Gasteiger partial charge in [0.05, 0.1) is 20.3 Å². The summed E-state index contributed by atoms with van der Waals surface area (Å²) in [6, 6.07) is 3.78. The predicted octanol–water partition coefficient (Wildman–Crippen LogP) is 1.62. The maximum absolute atomic E-state index is 10.3. The Labute approximate surface area is 102 Å². The smallest absolute Gasteiger partial charge is 0.161 e. The molecule has 1 aliphatic rings. The molecule has 1 heterocycles. The van der Waals surface area contributed by atoms with Crippen molar-refractivity contribution in [1.82, 2.24) is 5.32 Å². The third kappa shape index (κ3) is 1.98. The van der Waals surface area contributed by atoms with Crippen LogP contribution in [0.4, 0.5) is 0 Å². The number of rotatable bonds is 2. The van der Waals surface area contributed by atoms with Crippen molar-refractivity contribution < 1.29 is 14.6 Å². The minimum Gasteiger partial charge on any atom is -0.493 e. The summed E-state index contributed by atoms with van der Waals surface area (Å²) in [6.07, 6.45) is -0.550. The number of aliphatic hydroxyl groups excluding tert-OH is 1. The van der Waals surface area contributed by atoms with Crippen LogP contribution in [0.5, 0.6) is 11.5 Å². The summed E-state index contributed by atoms with van der Waals surface area (Å²) in [5.41, 5.74) is 1.63. The molecule has 0 radical (unpaired) electrons. The normalized spacial score (nSPS) is 21.8. The van der Waals surface area contributed by atoms with Gasteiger partial charge < -0.3 is 19.9 Å². The van der Waals surface area contributed by atoms with Crippen molar-refractivity contribution in [2.75, 3.05) is 14.2 Å². The Balaban J connectivity index is 2.51. The van der Waals surface area contributed by atoms with Crippen LogP contribution in [-0.2, 0) is 6.54 Å². The van der Waals surface area contributed by atoms with E-state index < -0.39 is 6.10 Å². The van der Waals surface area contributed by atoms with Crippen LogP contribution in [0.15, 0.2) is 12.1 Å². The molecule has 0 amide bonds. The van der Waals surface area contributed by atoms with Crippen molar-refractivity contribution >= 4 is 0 Å². The highest BCUT2D eigenvalue weighted by Crippen LogP contribution is 2.39. The first-order valence-corrected chi connectivity index (χ1v) is 5.67. The molecule has 4 nitrogen and oxygen atoms in total. The second-order valence-corrected chi connectivity index (χ2v) is 4.88. The van der Waals surface area contributed by atoms with Gasteiger partial charge in [0.25, 0.3) is 0 Å². The van der Waals surface area contributed by atoms with E-state index in [1.54, 1.807) is 14.2 Å². The van der Waals surface area contributed by atoms with Gasteiger partial charge in [-0.15, -0.1) is 0 Å². The Hall–Kier alpha value is -1.26. The third-order valence-corrected chi connectivity index (χ3v) is 3.36.